The first-order valence-corrected chi connectivity index (χ1v) is 9.54. The molecule has 0 aromatic heterocycles. The van der Waals surface area contributed by atoms with E-state index >= 15 is 0 Å². The van der Waals surface area contributed by atoms with Gasteiger partial charge in [0, 0.05) is 37.3 Å². The summed E-state index contributed by atoms with van der Waals surface area (Å²) in [6, 6.07) is 17.0. The fraction of sp³-hybridized carbons (Fsp3) is 0.364. The Hall–Kier alpha value is -2.66. The van der Waals surface area contributed by atoms with Gasteiger partial charge in [0.15, 0.2) is 0 Å². The zero-order chi connectivity index (χ0) is 18.9. The van der Waals surface area contributed by atoms with Gasteiger partial charge in [0.25, 0.3) is 5.91 Å². The smallest absolute Gasteiger partial charge is 0.253 e. The lowest BCUT2D eigenvalue weighted by Gasteiger charge is -2.38. The maximum absolute atomic E-state index is 12.8. The van der Waals surface area contributed by atoms with Crippen molar-refractivity contribution >= 4 is 17.5 Å². The Labute approximate surface area is 159 Å². The molecule has 0 bridgehead atoms. The fourth-order valence-corrected chi connectivity index (χ4v) is 4.00. The minimum Gasteiger partial charge on any atom is -0.385 e. The van der Waals surface area contributed by atoms with Crippen LogP contribution in [0.15, 0.2) is 54.6 Å². The number of nitrogens with zero attached hydrogens (tertiary/aromatic N) is 2. The van der Waals surface area contributed by atoms with Crippen LogP contribution in [0.25, 0.3) is 0 Å². The number of piperidine rings is 1. The molecule has 0 aliphatic carbocycles. The quantitative estimate of drug-likeness (QED) is 0.911. The van der Waals surface area contributed by atoms with E-state index in [9.17, 15) is 14.7 Å². The van der Waals surface area contributed by atoms with Gasteiger partial charge in [-0.15, -0.1) is 0 Å². The van der Waals surface area contributed by atoms with E-state index in [1.807, 2.05) is 42.5 Å². The highest BCUT2D eigenvalue weighted by Crippen LogP contribution is 2.33. The van der Waals surface area contributed by atoms with Crippen molar-refractivity contribution in [3.05, 3.63) is 65.7 Å². The van der Waals surface area contributed by atoms with E-state index in [4.69, 9.17) is 0 Å². The predicted molar refractivity (Wildman–Crippen MR) is 104 cm³/mol. The van der Waals surface area contributed by atoms with Crippen LogP contribution in [0, 0.1) is 0 Å². The van der Waals surface area contributed by atoms with Crippen LogP contribution >= 0.6 is 0 Å². The molecule has 2 aromatic carbocycles. The minimum absolute atomic E-state index is 0.0237. The number of anilines is 1. The van der Waals surface area contributed by atoms with Gasteiger partial charge in [-0.25, -0.2) is 0 Å². The molecule has 140 valence electrons. The SMILES string of the molecule is O=C(c1ccc(N2CCCC2=O)cc1)N1CCC(O)(c2ccccc2)CC1. The molecule has 27 heavy (non-hydrogen) atoms. The summed E-state index contributed by atoms with van der Waals surface area (Å²) in [6.45, 7) is 1.80. The Morgan fingerprint density at radius 3 is 2.19 bits per heavy atom. The van der Waals surface area contributed by atoms with Crippen LogP contribution in [-0.4, -0.2) is 41.5 Å². The van der Waals surface area contributed by atoms with Gasteiger partial charge in [0.05, 0.1) is 5.60 Å². The number of carbonyl (C=O) groups is 2. The van der Waals surface area contributed by atoms with E-state index < -0.39 is 5.60 Å². The minimum atomic E-state index is -0.863. The van der Waals surface area contributed by atoms with Gasteiger partial charge in [-0.2, -0.15) is 0 Å². The second-order valence-electron chi connectivity index (χ2n) is 7.39. The van der Waals surface area contributed by atoms with Crippen LogP contribution in [0.2, 0.25) is 0 Å². The zero-order valence-electron chi connectivity index (χ0n) is 15.3. The molecular formula is C22H24N2O3. The summed E-state index contributed by atoms with van der Waals surface area (Å²) in [5, 5.41) is 10.9. The molecule has 2 aliphatic heterocycles. The van der Waals surface area contributed by atoms with Crippen LogP contribution in [-0.2, 0) is 10.4 Å². The topological polar surface area (TPSA) is 60.9 Å². The second-order valence-corrected chi connectivity index (χ2v) is 7.39. The molecule has 0 atom stereocenters. The van der Waals surface area contributed by atoms with Gasteiger partial charge in [0.2, 0.25) is 5.91 Å². The highest BCUT2D eigenvalue weighted by molar-refractivity contribution is 5.97. The normalized spacial score (nSPS) is 19.4. The summed E-state index contributed by atoms with van der Waals surface area (Å²) in [4.78, 5) is 28.2. The molecule has 2 saturated heterocycles. The molecule has 5 heteroatoms. The van der Waals surface area contributed by atoms with Gasteiger partial charge >= 0.3 is 0 Å². The summed E-state index contributed by atoms with van der Waals surface area (Å²) >= 11 is 0. The van der Waals surface area contributed by atoms with Gasteiger partial charge in [-0.3, -0.25) is 9.59 Å². The summed E-state index contributed by atoms with van der Waals surface area (Å²) in [5.74, 6) is 0.120. The number of hydrogen-bond donors (Lipinski definition) is 1. The number of benzene rings is 2. The fourth-order valence-electron chi connectivity index (χ4n) is 4.00. The third kappa shape index (κ3) is 3.47. The van der Waals surface area contributed by atoms with Crippen LogP contribution in [0.4, 0.5) is 5.69 Å². The lowest BCUT2D eigenvalue weighted by Crippen LogP contribution is -2.45. The number of aliphatic hydroxyl groups is 1. The van der Waals surface area contributed by atoms with Crippen molar-refractivity contribution in [2.24, 2.45) is 0 Å². The van der Waals surface area contributed by atoms with Gasteiger partial charge in [-0.05, 0) is 49.1 Å². The molecule has 2 amide bonds. The summed E-state index contributed by atoms with van der Waals surface area (Å²) in [5.41, 5.74) is 1.52. The van der Waals surface area contributed by atoms with Crippen molar-refractivity contribution in [1.29, 1.82) is 0 Å². The van der Waals surface area contributed by atoms with E-state index in [-0.39, 0.29) is 11.8 Å². The standard InChI is InChI=1S/C22H24N2O3/c25-20-7-4-14-24(20)19-10-8-17(9-11-19)21(26)23-15-12-22(27,13-16-23)18-5-2-1-3-6-18/h1-3,5-6,8-11,27H,4,7,12-16H2. The summed E-state index contributed by atoms with van der Waals surface area (Å²) in [7, 11) is 0. The molecule has 1 N–H and O–H groups in total. The van der Waals surface area contributed by atoms with E-state index in [0.717, 1.165) is 24.2 Å². The number of rotatable bonds is 3. The number of amides is 2. The molecule has 2 aliphatic rings. The van der Waals surface area contributed by atoms with E-state index in [2.05, 4.69) is 0 Å². The molecule has 5 nitrogen and oxygen atoms in total. The maximum atomic E-state index is 12.8. The van der Waals surface area contributed by atoms with Crippen molar-refractivity contribution in [3.63, 3.8) is 0 Å². The number of carbonyl (C=O) groups excluding carboxylic acids is 2. The molecule has 0 unspecified atom stereocenters. The molecule has 2 fully saturated rings. The van der Waals surface area contributed by atoms with E-state index in [0.29, 0.717) is 37.9 Å². The third-order valence-electron chi connectivity index (χ3n) is 5.69. The third-order valence-corrected chi connectivity index (χ3v) is 5.69. The van der Waals surface area contributed by atoms with Crippen LogP contribution in [0.5, 0.6) is 0 Å². The molecule has 0 saturated carbocycles. The monoisotopic (exact) mass is 364 g/mol. The molecular weight excluding hydrogens is 340 g/mol. The first kappa shape index (κ1) is 17.7. The maximum Gasteiger partial charge on any atom is 0.253 e. The molecule has 0 spiro atoms. The largest absolute Gasteiger partial charge is 0.385 e. The van der Waals surface area contributed by atoms with Crippen molar-refractivity contribution < 1.29 is 14.7 Å². The lowest BCUT2D eigenvalue weighted by atomic mass is 9.84. The second kappa shape index (κ2) is 7.16. The summed E-state index contributed by atoms with van der Waals surface area (Å²) < 4.78 is 0. The van der Waals surface area contributed by atoms with Crippen molar-refractivity contribution in [2.75, 3.05) is 24.5 Å². The zero-order valence-corrected chi connectivity index (χ0v) is 15.3. The average molecular weight is 364 g/mol. The number of hydrogen-bond acceptors (Lipinski definition) is 3. The molecule has 2 aromatic rings. The van der Waals surface area contributed by atoms with Crippen LogP contribution < -0.4 is 4.90 Å². The lowest BCUT2D eigenvalue weighted by molar-refractivity contribution is -0.117. The Kier molecular flexibility index (Phi) is 4.70. The average Bonchev–Trinajstić information content (AvgIpc) is 3.15. The Morgan fingerprint density at radius 1 is 0.926 bits per heavy atom. The Morgan fingerprint density at radius 2 is 1.59 bits per heavy atom. The molecule has 4 rings (SSSR count). The number of likely N-dealkylation sites (tertiary alicyclic amines) is 1. The highest BCUT2D eigenvalue weighted by atomic mass is 16.3. The van der Waals surface area contributed by atoms with Crippen LogP contribution in [0.3, 0.4) is 0 Å². The van der Waals surface area contributed by atoms with Crippen molar-refractivity contribution in [1.82, 2.24) is 4.90 Å². The van der Waals surface area contributed by atoms with E-state index in [1.54, 1.807) is 21.9 Å². The highest BCUT2D eigenvalue weighted by Gasteiger charge is 2.35. The molecule has 0 radical (unpaired) electrons. The van der Waals surface area contributed by atoms with Crippen molar-refractivity contribution in [3.8, 4) is 0 Å². The Balaban J connectivity index is 1.41. The first-order chi connectivity index (χ1) is 13.1. The Bertz CT molecular complexity index is 824. The van der Waals surface area contributed by atoms with Crippen LogP contribution in [0.1, 0.15) is 41.6 Å². The van der Waals surface area contributed by atoms with Crippen molar-refractivity contribution in [2.45, 2.75) is 31.3 Å². The summed E-state index contributed by atoms with van der Waals surface area (Å²) in [6.07, 6.45) is 2.54. The molecule has 2 heterocycles. The van der Waals surface area contributed by atoms with Gasteiger partial charge in [-0.1, -0.05) is 30.3 Å². The van der Waals surface area contributed by atoms with E-state index in [1.165, 1.54) is 0 Å². The van der Waals surface area contributed by atoms with Gasteiger partial charge in [0.1, 0.15) is 0 Å². The van der Waals surface area contributed by atoms with Gasteiger partial charge < -0.3 is 14.9 Å². The predicted octanol–water partition coefficient (Wildman–Crippen LogP) is 2.94. The first-order valence-electron chi connectivity index (χ1n) is 9.54.